The first kappa shape index (κ1) is 35.3. The van der Waals surface area contributed by atoms with Gasteiger partial charge in [0.15, 0.2) is 0 Å². The first-order valence-corrected chi connectivity index (χ1v) is 14.5. The Morgan fingerprint density at radius 2 is 1.61 bits per heavy atom. The van der Waals surface area contributed by atoms with Gasteiger partial charge in [-0.05, 0) is 70.0 Å². The van der Waals surface area contributed by atoms with E-state index in [4.69, 9.17) is 14.2 Å². The molecule has 0 unspecified atom stereocenters. The Labute approximate surface area is 267 Å². The highest BCUT2D eigenvalue weighted by Crippen LogP contribution is 2.33. The van der Waals surface area contributed by atoms with Crippen molar-refractivity contribution < 1.29 is 43.0 Å². The molecule has 46 heavy (non-hydrogen) atoms. The van der Waals surface area contributed by atoms with Gasteiger partial charge in [0.2, 0.25) is 11.8 Å². The number of methoxy groups -OCH3 is 1. The molecule has 0 saturated heterocycles. The molecule has 1 aliphatic rings. The lowest BCUT2D eigenvalue weighted by Crippen LogP contribution is -2.54. The highest BCUT2D eigenvalue weighted by molar-refractivity contribution is 6.10. The van der Waals surface area contributed by atoms with Crippen molar-refractivity contribution in [3.8, 4) is 5.75 Å². The van der Waals surface area contributed by atoms with E-state index in [0.29, 0.717) is 11.4 Å². The van der Waals surface area contributed by atoms with Gasteiger partial charge in [-0.15, -0.1) is 0 Å². The van der Waals surface area contributed by atoms with Crippen molar-refractivity contribution in [2.45, 2.75) is 66.5 Å². The van der Waals surface area contributed by atoms with Crippen LogP contribution in [-0.2, 0) is 33.4 Å². The fourth-order valence-corrected chi connectivity index (χ4v) is 4.96. The van der Waals surface area contributed by atoms with Crippen molar-refractivity contribution in [1.29, 1.82) is 0 Å². The number of carbonyl (C=O) groups is 6. The van der Waals surface area contributed by atoms with Crippen molar-refractivity contribution in [1.82, 2.24) is 10.6 Å². The van der Waals surface area contributed by atoms with E-state index in [2.05, 4.69) is 10.6 Å². The minimum absolute atomic E-state index is 0.0783. The van der Waals surface area contributed by atoms with Crippen molar-refractivity contribution in [2.75, 3.05) is 30.0 Å². The molecule has 3 rings (SSSR count). The number of rotatable bonds is 9. The summed E-state index contributed by atoms with van der Waals surface area (Å²) in [6, 6.07) is 8.56. The summed E-state index contributed by atoms with van der Waals surface area (Å²) in [5.74, 6) is -3.08. The molecule has 0 aromatic heterocycles. The lowest BCUT2D eigenvalue weighted by molar-refractivity contribution is -0.154. The molecule has 2 aromatic rings. The molecular formula is C33H40N4O9. The van der Waals surface area contributed by atoms with Gasteiger partial charge in [-0.25, -0.2) is 0 Å². The smallest absolute Gasteiger partial charge is 0.312 e. The number of anilines is 2. The number of amides is 4. The van der Waals surface area contributed by atoms with Crippen LogP contribution in [0.25, 0.3) is 0 Å². The molecule has 4 amide bonds. The number of benzene rings is 2. The Kier molecular flexibility index (Phi) is 11.3. The van der Waals surface area contributed by atoms with Crippen LogP contribution in [0.4, 0.5) is 11.4 Å². The fourth-order valence-electron chi connectivity index (χ4n) is 4.96. The number of nitrogens with zero attached hydrogens (tertiary/aromatic N) is 2. The molecule has 1 heterocycles. The number of fused-ring (bicyclic) bond motifs is 1. The molecule has 2 N–H and O–H groups in total. The van der Waals surface area contributed by atoms with E-state index in [1.54, 1.807) is 71.0 Å². The van der Waals surface area contributed by atoms with Gasteiger partial charge < -0.3 is 29.7 Å². The minimum atomic E-state index is -1.24. The van der Waals surface area contributed by atoms with Gasteiger partial charge in [-0.1, -0.05) is 12.1 Å². The zero-order valence-corrected chi connectivity index (χ0v) is 27.3. The molecule has 246 valence electrons. The molecular weight excluding hydrogens is 596 g/mol. The Morgan fingerprint density at radius 1 is 1.00 bits per heavy atom. The Bertz CT molecular complexity index is 1550. The average Bonchev–Trinajstić information content (AvgIpc) is 3.05. The van der Waals surface area contributed by atoms with E-state index in [-0.39, 0.29) is 29.4 Å². The molecule has 13 nitrogen and oxygen atoms in total. The summed E-state index contributed by atoms with van der Waals surface area (Å²) in [5.41, 5.74) is 1.45. The Morgan fingerprint density at radius 3 is 2.15 bits per heavy atom. The predicted octanol–water partition coefficient (Wildman–Crippen LogP) is 3.06. The van der Waals surface area contributed by atoms with Crippen LogP contribution in [0.1, 0.15) is 62.5 Å². The van der Waals surface area contributed by atoms with Gasteiger partial charge >= 0.3 is 11.9 Å². The van der Waals surface area contributed by atoms with Gasteiger partial charge in [-0.2, -0.15) is 0 Å². The van der Waals surface area contributed by atoms with E-state index in [0.717, 1.165) is 29.2 Å². The largest absolute Gasteiger partial charge is 0.496 e. The van der Waals surface area contributed by atoms with Crippen molar-refractivity contribution in [3.05, 3.63) is 65.0 Å². The summed E-state index contributed by atoms with van der Waals surface area (Å²) in [4.78, 5) is 80.1. The standard InChI is InChI=1S/C33H40N4O9/c1-19-13-23(14-20(2)30(19)44-8)31(42)35-25-16-36(21(3)38)26-11-9-10-12-27(26)37(32(25)43)17-28(40)34-24(18-45-22(4)39)15-29(41)46-33(5,6)7/h9-14,18,25H,15-17H2,1-8H3,(H,34,40)(H,35,42)/t25-/m0/s1. The minimum Gasteiger partial charge on any atom is -0.496 e. The van der Waals surface area contributed by atoms with Crippen LogP contribution in [0.15, 0.2) is 48.4 Å². The highest BCUT2D eigenvalue weighted by atomic mass is 16.6. The normalized spacial score (nSPS) is 14.9. The number of nitrogens with one attached hydrogen (secondary N) is 2. The van der Waals surface area contributed by atoms with Crippen LogP contribution in [0.5, 0.6) is 5.75 Å². The second-order valence-electron chi connectivity index (χ2n) is 11.8. The van der Waals surface area contributed by atoms with E-state index in [1.165, 1.54) is 18.9 Å². The Balaban J connectivity index is 1.95. The summed E-state index contributed by atoms with van der Waals surface area (Å²) in [6.45, 7) is 10.3. The van der Waals surface area contributed by atoms with Gasteiger partial charge in [0.25, 0.3) is 11.8 Å². The number of hydrogen-bond donors (Lipinski definition) is 2. The highest BCUT2D eigenvalue weighted by Gasteiger charge is 2.37. The maximum Gasteiger partial charge on any atom is 0.312 e. The monoisotopic (exact) mass is 636 g/mol. The molecule has 0 saturated carbocycles. The maximum absolute atomic E-state index is 14.1. The van der Waals surface area contributed by atoms with E-state index in [1.807, 2.05) is 0 Å². The zero-order chi connectivity index (χ0) is 34.3. The molecule has 1 atom stereocenters. The number of para-hydroxylation sites is 2. The van der Waals surface area contributed by atoms with Crippen LogP contribution in [0, 0.1) is 13.8 Å². The van der Waals surface area contributed by atoms with E-state index < -0.39 is 54.3 Å². The SMILES string of the molecule is COc1c(C)cc(C(=O)N[C@H]2CN(C(C)=O)c3ccccc3N(CC(=O)NC(=COC(C)=O)CC(=O)OC(C)(C)C)C2=O)cc1C. The van der Waals surface area contributed by atoms with Crippen LogP contribution in [0.3, 0.4) is 0 Å². The molecule has 1 aliphatic heterocycles. The molecule has 13 heteroatoms. The molecule has 0 spiro atoms. The molecule has 2 aromatic carbocycles. The lowest BCUT2D eigenvalue weighted by Gasteiger charge is -2.25. The second-order valence-corrected chi connectivity index (χ2v) is 11.8. The summed E-state index contributed by atoms with van der Waals surface area (Å²) >= 11 is 0. The lowest BCUT2D eigenvalue weighted by atomic mass is 10.0. The summed E-state index contributed by atoms with van der Waals surface area (Å²) in [5, 5.41) is 5.25. The number of esters is 2. The van der Waals surface area contributed by atoms with E-state index in [9.17, 15) is 28.8 Å². The summed E-state index contributed by atoms with van der Waals surface area (Å²) in [6.07, 6.45) is 0.500. The topological polar surface area (TPSA) is 161 Å². The van der Waals surface area contributed by atoms with Gasteiger partial charge in [0.1, 0.15) is 30.2 Å². The molecule has 0 bridgehead atoms. The van der Waals surface area contributed by atoms with Crippen LogP contribution in [0.2, 0.25) is 0 Å². The van der Waals surface area contributed by atoms with Gasteiger partial charge in [0, 0.05) is 19.4 Å². The Hall–Kier alpha value is -5.20. The number of aryl methyl sites for hydroxylation is 2. The maximum atomic E-state index is 14.1. The van der Waals surface area contributed by atoms with Gasteiger partial charge in [-0.3, -0.25) is 33.7 Å². The van der Waals surface area contributed by atoms with Crippen LogP contribution < -0.4 is 25.2 Å². The fraction of sp³-hybridized carbons (Fsp3) is 0.394. The van der Waals surface area contributed by atoms with Crippen molar-refractivity contribution in [2.24, 2.45) is 0 Å². The third kappa shape index (κ3) is 9.16. The quantitative estimate of drug-likeness (QED) is 0.311. The molecule has 0 aliphatic carbocycles. The van der Waals surface area contributed by atoms with Crippen molar-refractivity contribution in [3.63, 3.8) is 0 Å². The van der Waals surface area contributed by atoms with E-state index >= 15 is 0 Å². The number of carbonyl (C=O) groups excluding carboxylic acids is 6. The summed E-state index contributed by atoms with van der Waals surface area (Å²) in [7, 11) is 1.53. The summed E-state index contributed by atoms with van der Waals surface area (Å²) < 4.78 is 15.6. The third-order valence-electron chi connectivity index (χ3n) is 6.73. The van der Waals surface area contributed by atoms with Crippen LogP contribution >= 0.6 is 0 Å². The van der Waals surface area contributed by atoms with Crippen LogP contribution in [-0.4, -0.2) is 67.4 Å². The third-order valence-corrected chi connectivity index (χ3v) is 6.73. The molecule has 0 fully saturated rings. The number of ether oxygens (including phenoxy) is 3. The predicted molar refractivity (Wildman–Crippen MR) is 169 cm³/mol. The first-order valence-electron chi connectivity index (χ1n) is 14.5. The second kappa shape index (κ2) is 14.7. The number of hydrogen-bond acceptors (Lipinski definition) is 9. The molecule has 0 radical (unpaired) electrons. The van der Waals surface area contributed by atoms with Crippen molar-refractivity contribution >= 4 is 46.9 Å². The average molecular weight is 637 g/mol. The van der Waals surface area contributed by atoms with Gasteiger partial charge in [0.05, 0.1) is 37.1 Å². The zero-order valence-electron chi connectivity index (χ0n) is 27.3. The first-order chi connectivity index (χ1) is 21.5.